The van der Waals surface area contributed by atoms with Crippen molar-refractivity contribution in [2.24, 2.45) is 0 Å². The fraction of sp³-hybridized carbons (Fsp3) is 0.118. The Morgan fingerprint density at radius 1 is 1.12 bits per heavy atom. The van der Waals surface area contributed by atoms with E-state index >= 15 is 0 Å². The molecule has 1 aromatic heterocycles. The number of carbonyl (C=O) groups is 1. The lowest BCUT2D eigenvalue weighted by Gasteiger charge is -2.01. The van der Waals surface area contributed by atoms with Gasteiger partial charge in [0, 0.05) is 29.2 Å². The van der Waals surface area contributed by atoms with Crippen LogP contribution in [0.4, 0.5) is 10.8 Å². The van der Waals surface area contributed by atoms with E-state index in [1.165, 1.54) is 41.2 Å². The Bertz CT molecular complexity index is 915. The number of benzene rings is 2. The first-order chi connectivity index (χ1) is 12.6. The second kappa shape index (κ2) is 8.54. The molecular weight excluding hydrogens is 372 g/mol. The minimum atomic E-state index is -0.538. The summed E-state index contributed by atoms with van der Waals surface area (Å²) in [6.45, 7) is 0. The van der Waals surface area contributed by atoms with Crippen molar-refractivity contribution in [3.05, 3.63) is 80.8 Å². The fourth-order valence-electron chi connectivity index (χ4n) is 2.12. The molecule has 0 aliphatic carbocycles. The average molecular weight is 386 g/mol. The number of rotatable bonds is 7. The highest BCUT2D eigenvalue weighted by atomic mass is 32.2. The van der Waals surface area contributed by atoms with Crippen molar-refractivity contribution in [3.8, 4) is 0 Å². The predicted octanol–water partition coefficient (Wildman–Crippen LogP) is 4.13. The highest BCUT2D eigenvalue weighted by Crippen LogP contribution is 2.23. The molecule has 0 unspecified atom stereocenters. The molecule has 2 aromatic carbocycles. The van der Waals surface area contributed by atoms with Crippen LogP contribution in [0.3, 0.4) is 0 Å². The maximum absolute atomic E-state index is 12.2. The number of hydrogen-bond acceptors (Lipinski definition) is 7. The van der Waals surface area contributed by atoms with Crippen molar-refractivity contribution in [1.82, 2.24) is 10.2 Å². The summed E-state index contributed by atoms with van der Waals surface area (Å²) in [5.74, 6) is 1.11. The summed E-state index contributed by atoms with van der Waals surface area (Å²) in [6, 6.07) is 15.7. The summed E-state index contributed by atoms with van der Waals surface area (Å²) in [5.41, 5.74) is 1.31. The summed E-state index contributed by atoms with van der Waals surface area (Å²) in [7, 11) is 0. The van der Waals surface area contributed by atoms with Crippen LogP contribution in [-0.2, 0) is 11.5 Å². The number of nitrogens with one attached hydrogen (secondary N) is 1. The monoisotopic (exact) mass is 386 g/mol. The number of amides is 1. The third-order valence-electron chi connectivity index (χ3n) is 3.34. The lowest BCUT2D eigenvalue weighted by atomic mass is 10.2. The number of nitro groups is 1. The van der Waals surface area contributed by atoms with Crippen molar-refractivity contribution in [1.29, 1.82) is 0 Å². The minimum absolute atomic E-state index is 0.132. The van der Waals surface area contributed by atoms with Gasteiger partial charge in [0.25, 0.3) is 11.6 Å². The summed E-state index contributed by atoms with van der Waals surface area (Å²) in [4.78, 5) is 22.5. The van der Waals surface area contributed by atoms with E-state index in [-0.39, 0.29) is 11.3 Å². The third kappa shape index (κ3) is 4.87. The molecule has 3 rings (SSSR count). The zero-order chi connectivity index (χ0) is 18.4. The van der Waals surface area contributed by atoms with Gasteiger partial charge in [-0.1, -0.05) is 47.7 Å². The van der Waals surface area contributed by atoms with Crippen LogP contribution in [0.1, 0.15) is 20.9 Å². The molecule has 0 saturated carbocycles. The molecule has 0 atom stereocenters. The smallest absolute Gasteiger partial charge is 0.270 e. The topological polar surface area (TPSA) is 98.0 Å². The van der Waals surface area contributed by atoms with Crippen molar-refractivity contribution in [2.75, 3.05) is 5.32 Å². The molecule has 3 aromatic rings. The standard InChI is InChI=1S/C17H14N4O3S2/c22-16(13-7-4-8-14(9-13)21(23)24)18-17-20-19-15(26-17)11-25-10-12-5-2-1-3-6-12/h1-9H,10-11H2,(H,18,20,22). The maximum atomic E-state index is 12.2. The molecule has 0 radical (unpaired) electrons. The van der Waals surface area contributed by atoms with E-state index in [0.717, 1.165) is 10.8 Å². The number of hydrogen-bond donors (Lipinski definition) is 1. The number of anilines is 1. The van der Waals surface area contributed by atoms with E-state index in [2.05, 4.69) is 27.6 Å². The van der Waals surface area contributed by atoms with Crippen LogP contribution in [0.15, 0.2) is 54.6 Å². The molecule has 26 heavy (non-hydrogen) atoms. The average Bonchev–Trinajstić information content (AvgIpc) is 3.10. The van der Waals surface area contributed by atoms with Crippen molar-refractivity contribution < 1.29 is 9.72 Å². The van der Waals surface area contributed by atoms with E-state index in [9.17, 15) is 14.9 Å². The number of carbonyl (C=O) groups excluding carboxylic acids is 1. The van der Waals surface area contributed by atoms with Gasteiger partial charge in [-0.05, 0) is 11.6 Å². The Labute approximate surface area is 157 Å². The van der Waals surface area contributed by atoms with E-state index in [1.54, 1.807) is 11.8 Å². The minimum Gasteiger partial charge on any atom is -0.296 e. The third-order valence-corrected chi connectivity index (χ3v) is 5.38. The van der Waals surface area contributed by atoms with Crippen LogP contribution in [0.2, 0.25) is 0 Å². The lowest BCUT2D eigenvalue weighted by molar-refractivity contribution is -0.384. The quantitative estimate of drug-likeness (QED) is 0.484. The van der Waals surface area contributed by atoms with Gasteiger partial charge in [0.05, 0.1) is 4.92 Å². The van der Waals surface area contributed by atoms with Gasteiger partial charge in [0.15, 0.2) is 0 Å². The lowest BCUT2D eigenvalue weighted by Crippen LogP contribution is -2.11. The number of thioether (sulfide) groups is 1. The van der Waals surface area contributed by atoms with Crippen LogP contribution < -0.4 is 5.32 Å². The maximum Gasteiger partial charge on any atom is 0.270 e. The van der Waals surface area contributed by atoms with Crippen molar-refractivity contribution in [2.45, 2.75) is 11.5 Å². The molecule has 7 nitrogen and oxygen atoms in total. The molecule has 0 aliphatic heterocycles. The SMILES string of the molecule is O=C(Nc1nnc(CSCc2ccccc2)s1)c1cccc([N+](=O)[O-])c1. The summed E-state index contributed by atoms with van der Waals surface area (Å²) in [6.07, 6.45) is 0. The molecule has 1 amide bonds. The Hall–Kier alpha value is -2.78. The Balaban J connectivity index is 1.55. The largest absolute Gasteiger partial charge is 0.296 e. The molecule has 0 bridgehead atoms. The van der Waals surface area contributed by atoms with E-state index in [4.69, 9.17) is 0 Å². The molecular formula is C17H14N4O3S2. The van der Waals surface area contributed by atoms with Crippen LogP contribution in [0, 0.1) is 10.1 Å². The van der Waals surface area contributed by atoms with Gasteiger partial charge >= 0.3 is 0 Å². The fourth-order valence-corrected chi connectivity index (χ4v) is 3.90. The Morgan fingerprint density at radius 3 is 2.69 bits per heavy atom. The molecule has 0 fully saturated rings. The van der Waals surface area contributed by atoms with Crippen LogP contribution >= 0.6 is 23.1 Å². The molecule has 132 valence electrons. The van der Waals surface area contributed by atoms with Crippen molar-refractivity contribution in [3.63, 3.8) is 0 Å². The zero-order valence-corrected chi connectivity index (χ0v) is 15.1. The molecule has 0 aliphatic rings. The van der Waals surface area contributed by atoms with Gasteiger partial charge in [0.2, 0.25) is 5.13 Å². The number of nitrogens with zero attached hydrogens (tertiary/aromatic N) is 3. The van der Waals surface area contributed by atoms with Gasteiger partial charge in [-0.15, -0.1) is 22.0 Å². The molecule has 9 heteroatoms. The first-order valence-corrected chi connectivity index (χ1v) is 9.59. The molecule has 1 heterocycles. The predicted molar refractivity (Wildman–Crippen MR) is 102 cm³/mol. The highest BCUT2D eigenvalue weighted by molar-refractivity contribution is 7.97. The summed E-state index contributed by atoms with van der Waals surface area (Å²) >= 11 is 3.01. The first-order valence-electron chi connectivity index (χ1n) is 7.61. The Kier molecular flexibility index (Phi) is 5.92. The second-order valence-electron chi connectivity index (χ2n) is 5.24. The summed E-state index contributed by atoms with van der Waals surface area (Å²) < 4.78 is 0. The second-order valence-corrected chi connectivity index (χ2v) is 7.29. The van der Waals surface area contributed by atoms with E-state index in [0.29, 0.717) is 10.9 Å². The molecule has 0 saturated heterocycles. The van der Waals surface area contributed by atoms with E-state index < -0.39 is 10.8 Å². The number of nitro benzene ring substituents is 1. The molecule has 0 spiro atoms. The van der Waals surface area contributed by atoms with Crippen LogP contribution in [0.5, 0.6) is 0 Å². The van der Waals surface area contributed by atoms with E-state index in [1.807, 2.05) is 18.2 Å². The van der Waals surface area contributed by atoms with Crippen molar-refractivity contribution >= 4 is 39.8 Å². The van der Waals surface area contributed by atoms with Gasteiger partial charge < -0.3 is 0 Å². The number of non-ortho nitro benzene ring substituents is 1. The first kappa shape index (κ1) is 18.0. The van der Waals surface area contributed by atoms with Gasteiger partial charge in [-0.3, -0.25) is 20.2 Å². The van der Waals surface area contributed by atoms with Crippen LogP contribution in [0.25, 0.3) is 0 Å². The van der Waals surface area contributed by atoms with Gasteiger partial charge in [-0.25, -0.2) is 0 Å². The summed E-state index contributed by atoms with van der Waals surface area (Å²) in [5, 5.41) is 22.6. The normalized spacial score (nSPS) is 10.5. The zero-order valence-electron chi connectivity index (χ0n) is 13.5. The number of aromatic nitrogens is 2. The highest BCUT2D eigenvalue weighted by Gasteiger charge is 2.13. The molecule has 1 N–H and O–H groups in total. The Morgan fingerprint density at radius 2 is 1.92 bits per heavy atom. The van der Waals surface area contributed by atoms with Crippen LogP contribution in [-0.4, -0.2) is 21.0 Å². The van der Waals surface area contributed by atoms with Gasteiger partial charge in [-0.2, -0.15) is 0 Å². The van der Waals surface area contributed by atoms with Gasteiger partial charge in [0.1, 0.15) is 5.01 Å².